The third-order valence-corrected chi connectivity index (χ3v) is 5.21. The van der Waals surface area contributed by atoms with E-state index in [4.69, 9.17) is 0 Å². The first kappa shape index (κ1) is 14.5. The molecule has 0 aliphatic heterocycles. The van der Waals surface area contributed by atoms with Crippen molar-refractivity contribution in [1.29, 1.82) is 0 Å². The number of halogens is 1. The molecule has 0 bridgehead atoms. The first-order valence-electron chi connectivity index (χ1n) is 7.14. The molecule has 5 heteroatoms. The van der Waals surface area contributed by atoms with Crippen LogP contribution in [0.2, 0.25) is 0 Å². The zero-order chi connectivity index (χ0) is 15.0. The van der Waals surface area contributed by atoms with Crippen LogP contribution in [-0.4, -0.2) is 35.1 Å². The summed E-state index contributed by atoms with van der Waals surface area (Å²) in [4.78, 5) is 14.6. The Labute approximate surface area is 127 Å². The van der Waals surface area contributed by atoms with Gasteiger partial charge in [0.2, 0.25) is 0 Å². The summed E-state index contributed by atoms with van der Waals surface area (Å²) in [6.45, 7) is 0.356. The van der Waals surface area contributed by atoms with Gasteiger partial charge in [-0.05, 0) is 42.5 Å². The van der Waals surface area contributed by atoms with Crippen LogP contribution >= 0.6 is 11.3 Å². The number of hydrogen-bond donors (Lipinski definition) is 1. The number of aliphatic hydroxyl groups is 1. The van der Waals surface area contributed by atoms with Crippen LogP contribution in [0.15, 0.2) is 24.3 Å². The highest BCUT2D eigenvalue weighted by atomic mass is 32.1. The van der Waals surface area contributed by atoms with Crippen molar-refractivity contribution in [2.45, 2.75) is 31.3 Å². The van der Waals surface area contributed by atoms with Crippen molar-refractivity contribution in [3.63, 3.8) is 0 Å². The van der Waals surface area contributed by atoms with Crippen LogP contribution in [0.4, 0.5) is 4.39 Å². The maximum atomic E-state index is 13.2. The third-order valence-electron chi connectivity index (χ3n) is 4.10. The number of nitrogens with zero attached hydrogens (tertiary/aromatic N) is 1. The number of thiophene rings is 1. The average molecular weight is 307 g/mol. The predicted molar refractivity (Wildman–Crippen MR) is 82.2 cm³/mol. The van der Waals surface area contributed by atoms with E-state index in [0.717, 1.165) is 35.8 Å². The summed E-state index contributed by atoms with van der Waals surface area (Å²) < 4.78 is 14.1. The lowest BCUT2D eigenvalue weighted by atomic mass is 10.0. The molecule has 0 atom stereocenters. The fourth-order valence-electron chi connectivity index (χ4n) is 3.01. The first-order chi connectivity index (χ1) is 9.97. The number of carbonyl (C=O) groups excluding carboxylic acids is 1. The van der Waals surface area contributed by atoms with Crippen molar-refractivity contribution in [2.24, 2.45) is 0 Å². The molecule has 1 amide bonds. The summed E-state index contributed by atoms with van der Waals surface area (Å²) in [5, 5.41) is 11.1. The lowest BCUT2D eigenvalue weighted by Gasteiger charge is -2.28. The van der Waals surface area contributed by atoms with Crippen molar-refractivity contribution < 1.29 is 14.3 Å². The molecule has 21 heavy (non-hydrogen) atoms. The maximum absolute atomic E-state index is 13.2. The number of amides is 1. The number of fused-ring (bicyclic) bond motifs is 1. The zero-order valence-corrected chi connectivity index (χ0v) is 12.8. The Morgan fingerprint density at radius 2 is 2.10 bits per heavy atom. The van der Waals surface area contributed by atoms with E-state index in [1.54, 1.807) is 24.1 Å². The molecule has 1 aromatic carbocycles. The Balaban J connectivity index is 1.79. The van der Waals surface area contributed by atoms with E-state index in [-0.39, 0.29) is 11.7 Å². The Bertz CT molecular complexity index is 676. The molecule has 1 aromatic heterocycles. The summed E-state index contributed by atoms with van der Waals surface area (Å²) in [5.74, 6) is -0.412. The summed E-state index contributed by atoms with van der Waals surface area (Å²) in [6.07, 6.45) is 3.53. The molecule has 0 unspecified atom stereocenters. The molecule has 0 saturated heterocycles. The van der Waals surface area contributed by atoms with E-state index in [9.17, 15) is 14.3 Å². The number of likely N-dealkylation sites (N-methyl/N-ethyl adjacent to an activating group) is 1. The van der Waals surface area contributed by atoms with Gasteiger partial charge in [0, 0.05) is 18.3 Å². The van der Waals surface area contributed by atoms with Crippen LogP contribution < -0.4 is 0 Å². The SMILES string of the molecule is CN(CC1(O)CCCC1)C(=O)c1cc2cc(F)ccc2s1. The summed E-state index contributed by atoms with van der Waals surface area (Å²) in [7, 11) is 1.71. The molecular formula is C16H18FNO2S. The molecule has 1 aliphatic carbocycles. The molecule has 0 spiro atoms. The summed E-state index contributed by atoms with van der Waals surface area (Å²) in [6, 6.07) is 6.25. The van der Waals surface area contributed by atoms with Gasteiger partial charge in [0.25, 0.3) is 5.91 Å². The van der Waals surface area contributed by atoms with Crippen LogP contribution in [0.5, 0.6) is 0 Å². The summed E-state index contributed by atoms with van der Waals surface area (Å²) >= 11 is 1.36. The molecule has 2 aromatic rings. The van der Waals surface area contributed by atoms with Gasteiger partial charge in [0.05, 0.1) is 10.5 Å². The van der Waals surface area contributed by atoms with Crippen molar-refractivity contribution >= 4 is 27.3 Å². The van der Waals surface area contributed by atoms with Crippen LogP contribution in [-0.2, 0) is 0 Å². The van der Waals surface area contributed by atoms with Crippen LogP contribution in [0.3, 0.4) is 0 Å². The molecule has 1 fully saturated rings. The van der Waals surface area contributed by atoms with E-state index in [1.807, 2.05) is 0 Å². The zero-order valence-electron chi connectivity index (χ0n) is 11.9. The third kappa shape index (κ3) is 2.94. The van der Waals surface area contributed by atoms with Crippen molar-refractivity contribution in [2.75, 3.05) is 13.6 Å². The second-order valence-corrected chi connectivity index (χ2v) is 6.97. The Morgan fingerprint density at radius 1 is 1.38 bits per heavy atom. The van der Waals surface area contributed by atoms with Crippen molar-refractivity contribution in [1.82, 2.24) is 4.90 Å². The molecule has 1 heterocycles. The highest BCUT2D eigenvalue weighted by Crippen LogP contribution is 2.31. The van der Waals surface area contributed by atoms with Crippen molar-refractivity contribution in [3.8, 4) is 0 Å². The molecule has 1 saturated carbocycles. The second kappa shape index (κ2) is 5.39. The van der Waals surface area contributed by atoms with E-state index >= 15 is 0 Å². The van der Waals surface area contributed by atoms with E-state index in [0.29, 0.717) is 11.4 Å². The lowest BCUT2D eigenvalue weighted by Crippen LogP contribution is -2.41. The van der Waals surface area contributed by atoms with Gasteiger partial charge in [0.1, 0.15) is 5.82 Å². The van der Waals surface area contributed by atoms with Gasteiger partial charge in [-0.15, -0.1) is 11.3 Å². The number of rotatable bonds is 3. The molecule has 1 aliphatic rings. The number of carbonyl (C=O) groups is 1. The average Bonchev–Trinajstić information content (AvgIpc) is 3.03. The molecule has 112 valence electrons. The largest absolute Gasteiger partial charge is 0.388 e. The highest BCUT2D eigenvalue weighted by Gasteiger charge is 2.33. The van der Waals surface area contributed by atoms with Gasteiger partial charge >= 0.3 is 0 Å². The topological polar surface area (TPSA) is 40.5 Å². The smallest absolute Gasteiger partial charge is 0.263 e. The molecular weight excluding hydrogens is 289 g/mol. The summed E-state index contributed by atoms with van der Waals surface area (Å²) in [5.41, 5.74) is -0.743. The normalized spacial score (nSPS) is 17.3. The van der Waals surface area contributed by atoms with Gasteiger partial charge in [-0.3, -0.25) is 4.79 Å². The fourth-order valence-corrected chi connectivity index (χ4v) is 4.05. The van der Waals surface area contributed by atoms with Crippen LogP contribution in [0.1, 0.15) is 35.4 Å². The maximum Gasteiger partial charge on any atom is 0.263 e. The Hall–Kier alpha value is -1.46. The number of hydrogen-bond acceptors (Lipinski definition) is 3. The minimum Gasteiger partial charge on any atom is -0.388 e. The second-order valence-electron chi connectivity index (χ2n) is 5.89. The van der Waals surface area contributed by atoms with Crippen LogP contribution in [0, 0.1) is 5.82 Å². The van der Waals surface area contributed by atoms with E-state index in [2.05, 4.69) is 0 Å². The fraction of sp³-hybridized carbons (Fsp3) is 0.438. The van der Waals surface area contributed by atoms with Gasteiger partial charge in [-0.25, -0.2) is 4.39 Å². The van der Waals surface area contributed by atoms with Crippen LogP contribution in [0.25, 0.3) is 10.1 Å². The first-order valence-corrected chi connectivity index (χ1v) is 7.95. The predicted octanol–water partition coefficient (Wildman–Crippen LogP) is 3.42. The quantitative estimate of drug-likeness (QED) is 0.944. The van der Waals surface area contributed by atoms with Crippen molar-refractivity contribution in [3.05, 3.63) is 35.0 Å². The molecule has 3 nitrogen and oxygen atoms in total. The Morgan fingerprint density at radius 3 is 2.81 bits per heavy atom. The lowest BCUT2D eigenvalue weighted by molar-refractivity contribution is 0.0158. The molecule has 0 radical (unpaired) electrons. The highest BCUT2D eigenvalue weighted by molar-refractivity contribution is 7.20. The van der Waals surface area contributed by atoms with Gasteiger partial charge in [-0.2, -0.15) is 0 Å². The van der Waals surface area contributed by atoms with E-state index in [1.165, 1.54) is 23.5 Å². The minimum atomic E-state index is -0.743. The van der Waals surface area contributed by atoms with Gasteiger partial charge in [-0.1, -0.05) is 12.8 Å². The van der Waals surface area contributed by atoms with Gasteiger partial charge in [0.15, 0.2) is 0 Å². The standard InChI is InChI=1S/C16H18FNO2S/c1-18(10-16(20)6-2-3-7-16)15(19)14-9-11-8-12(17)4-5-13(11)21-14/h4-5,8-9,20H,2-3,6-7,10H2,1H3. The Kier molecular flexibility index (Phi) is 3.71. The minimum absolute atomic E-state index is 0.114. The van der Waals surface area contributed by atoms with Gasteiger partial charge < -0.3 is 10.0 Å². The van der Waals surface area contributed by atoms with E-state index < -0.39 is 5.60 Å². The monoisotopic (exact) mass is 307 g/mol. The molecule has 1 N–H and O–H groups in total. The molecule has 3 rings (SSSR count). The number of benzene rings is 1.